The van der Waals surface area contributed by atoms with Gasteiger partial charge in [0.25, 0.3) is 0 Å². The number of carbonyl (C=O) groups excluding carboxylic acids is 1. The number of amidine groups is 1. The highest BCUT2D eigenvalue weighted by atomic mass is 19.4. The molecule has 2 rings (SSSR count). The van der Waals surface area contributed by atoms with Gasteiger partial charge in [0.1, 0.15) is 18.1 Å². The van der Waals surface area contributed by atoms with Crippen LogP contribution in [0.25, 0.3) is 0 Å². The molecule has 10 heteroatoms. The van der Waals surface area contributed by atoms with Crippen molar-refractivity contribution in [3.63, 3.8) is 0 Å². The smallest absolute Gasteiger partial charge is 0.367 e. The van der Waals surface area contributed by atoms with Crippen molar-refractivity contribution in [2.45, 2.75) is 57.7 Å². The molecular weight excluding hydrogens is 469 g/mol. The lowest BCUT2D eigenvalue weighted by Crippen LogP contribution is -2.41. The number of nitrogens with zero attached hydrogens (tertiary/aromatic N) is 3. The van der Waals surface area contributed by atoms with Gasteiger partial charge < -0.3 is 20.9 Å². The minimum Gasteiger partial charge on any atom is -0.367 e. The number of halogens is 3. The highest BCUT2D eigenvalue weighted by Crippen LogP contribution is 2.31. The molecule has 36 heavy (non-hydrogen) atoms. The number of likely N-dealkylation sites (N-methyl/N-ethyl adjacent to an activating group) is 1. The third-order valence-electron chi connectivity index (χ3n) is 6.40. The van der Waals surface area contributed by atoms with Crippen LogP contribution in [0.3, 0.4) is 0 Å². The molecule has 0 aromatic heterocycles. The van der Waals surface area contributed by atoms with Crippen molar-refractivity contribution in [2.24, 2.45) is 15.9 Å². The lowest BCUT2D eigenvalue weighted by molar-refractivity contribution is -0.109. The first-order chi connectivity index (χ1) is 17.3. The van der Waals surface area contributed by atoms with Crippen LogP contribution in [-0.2, 0) is 11.2 Å². The first kappa shape index (κ1) is 29.4. The summed E-state index contributed by atoms with van der Waals surface area (Å²) < 4.78 is 41.3. The van der Waals surface area contributed by atoms with E-state index in [1.807, 2.05) is 31.3 Å². The fourth-order valence-corrected chi connectivity index (χ4v) is 4.43. The molecule has 1 aromatic carbocycles. The molecule has 1 amide bonds. The van der Waals surface area contributed by atoms with E-state index >= 15 is 0 Å². The maximum atomic E-state index is 13.8. The van der Waals surface area contributed by atoms with Gasteiger partial charge in [0.2, 0.25) is 6.41 Å². The van der Waals surface area contributed by atoms with Crippen molar-refractivity contribution in [2.75, 3.05) is 38.7 Å². The molecule has 7 nitrogen and oxygen atoms in total. The van der Waals surface area contributed by atoms with Gasteiger partial charge >= 0.3 is 6.18 Å². The van der Waals surface area contributed by atoms with E-state index < -0.39 is 11.7 Å². The molecule has 0 aliphatic heterocycles. The summed E-state index contributed by atoms with van der Waals surface area (Å²) in [6.45, 7) is 7.51. The Kier molecular flexibility index (Phi) is 12.5. The Morgan fingerprint density at radius 1 is 1.22 bits per heavy atom. The van der Waals surface area contributed by atoms with Crippen LogP contribution in [0.1, 0.15) is 44.6 Å². The van der Waals surface area contributed by atoms with Crippen LogP contribution in [0.4, 0.5) is 18.9 Å². The Morgan fingerprint density at radius 2 is 1.97 bits per heavy atom. The Bertz CT molecular complexity index is 869. The van der Waals surface area contributed by atoms with Crippen LogP contribution in [0, 0.1) is 5.92 Å². The average Bonchev–Trinajstić information content (AvgIpc) is 3.27. The third kappa shape index (κ3) is 10.0. The first-order valence-electron chi connectivity index (χ1n) is 12.5. The summed E-state index contributed by atoms with van der Waals surface area (Å²) in [7, 11) is 1.99. The van der Waals surface area contributed by atoms with Gasteiger partial charge in [-0.15, -0.1) is 0 Å². The number of nitrogens with one attached hydrogen (secondary N) is 3. The summed E-state index contributed by atoms with van der Waals surface area (Å²) in [5, 5.41) is 8.82. The van der Waals surface area contributed by atoms with Crippen LogP contribution in [0.2, 0.25) is 0 Å². The Labute approximate surface area is 212 Å². The second kappa shape index (κ2) is 15.3. The normalized spacial score (nSPS) is 18.8. The molecule has 1 aliphatic carbocycles. The van der Waals surface area contributed by atoms with Gasteiger partial charge in [-0.25, -0.2) is 4.99 Å². The topological polar surface area (TPSA) is 81.1 Å². The third-order valence-corrected chi connectivity index (χ3v) is 6.40. The van der Waals surface area contributed by atoms with Crippen molar-refractivity contribution in [3.8, 4) is 0 Å². The summed E-state index contributed by atoms with van der Waals surface area (Å²) in [5.74, 6) is 0.145. The van der Waals surface area contributed by atoms with Gasteiger partial charge in [-0.3, -0.25) is 9.79 Å². The van der Waals surface area contributed by atoms with Crippen LogP contribution in [0.15, 0.2) is 46.0 Å². The molecule has 3 N–H and O–H groups in total. The molecule has 1 aromatic rings. The number of alkyl halides is 3. The monoisotopic (exact) mass is 508 g/mol. The number of rotatable bonds is 15. The van der Waals surface area contributed by atoms with E-state index in [0.29, 0.717) is 18.9 Å². The zero-order valence-electron chi connectivity index (χ0n) is 21.3. The summed E-state index contributed by atoms with van der Waals surface area (Å²) in [6, 6.07) is 7.72. The molecule has 1 fully saturated rings. The summed E-state index contributed by atoms with van der Waals surface area (Å²) in [5.41, 5.74) is 1.00. The second-order valence-electron chi connectivity index (χ2n) is 9.12. The van der Waals surface area contributed by atoms with Gasteiger partial charge in [0.05, 0.1) is 0 Å². The molecular formula is C26H39F3N6O. The van der Waals surface area contributed by atoms with Gasteiger partial charge in [0.15, 0.2) is 0 Å². The molecule has 0 saturated heterocycles. The lowest BCUT2D eigenvalue weighted by Gasteiger charge is -2.24. The summed E-state index contributed by atoms with van der Waals surface area (Å²) >= 11 is 0. The van der Waals surface area contributed by atoms with Crippen molar-refractivity contribution in [3.05, 3.63) is 41.6 Å². The highest BCUT2D eigenvalue weighted by molar-refractivity contribution is 5.99. The first-order valence-corrected chi connectivity index (χ1v) is 12.5. The number of amides is 1. The predicted octanol–water partition coefficient (Wildman–Crippen LogP) is 4.38. The van der Waals surface area contributed by atoms with Gasteiger partial charge in [0, 0.05) is 37.6 Å². The van der Waals surface area contributed by atoms with E-state index in [0.717, 1.165) is 69.1 Å². The largest absolute Gasteiger partial charge is 0.421 e. The average molecular weight is 509 g/mol. The fourth-order valence-electron chi connectivity index (χ4n) is 4.43. The molecule has 1 unspecified atom stereocenters. The van der Waals surface area contributed by atoms with Crippen molar-refractivity contribution in [1.82, 2.24) is 15.5 Å². The fraction of sp³-hybridized carbons (Fsp3) is 0.577. The van der Waals surface area contributed by atoms with Crippen LogP contribution >= 0.6 is 0 Å². The zero-order chi connectivity index (χ0) is 26.4. The Balaban J connectivity index is 2.02. The van der Waals surface area contributed by atoms with Gasteiger partial charge in [-0.1, -0.05) is 31.9 Å². The molecule has 1 saturated carbocycles. The van der Waals surface area contributed by atoms with Crippen molar-refractivity contribution < 1.29 is 18.0 Å². The molecule has 0 radical (unpaired) electrons. The molecule has 0 heterocycles. The maximum Gasteiger partial charge on any atom is 0.421 e. The maximum absolute atomic E-state index is 13.8. The molecule has 0 spiro atoms. The van der Waals surface area contributed by atoms with Gasteiger partial charge in [-0.05, 0) is 63.1 Å². The lowest BCUT2D eigenvalue weighted by atomic mass is 9.97. The summed E-state index contributed by atoms with van der Waals surface area (Å²) in [4.78, 5) is 20.1. The second-order valence-corrected chi connectivity index (χ2v) is 9.12. The number of anilines is 1. The van der Waals surface area contributed by atoms with E-state index in [9.17, 15) is 18.0 Å². The van der Waals surface area contributed by atoms with E-state index in [1.165, 1.54) is 0 Å². The van der Waals surface area contributed by atoms with Gasteiger partial charge in [-0.2, -0.15) is 13.2 Å². The van der Waals surface area contributed by atoms with E-state index in [4.69, 9.17) is 0 Å². The molecule has 1 aliphatic rings. The van der Waals surface area contributed by atoms with Crippen LogP contribution < -0.4 is 16.0 Å². The molecule has 2 atom stereocenters. The highest BCUT2D eigenvalue weighted by Gasteiger charge is 2.39. The molecule has 0 bridgehead atoms. The predicted molar refractivity (Wildman–Crippen MR) is 140 cm³/mol. The number of hydrogen-bond donors (Lipinski definition) is 3. The quantitative estimate of drug-likeness (QED) is 0.142. The van der Waals surface area contributed by atoms with Crippen LogP contribution in [-0.4, -0.2) is 69.4 Å². The minimum atomic E-state index is -4.59. The van der Waals surface area contributed by atoms with Crippen molar-refractivity contribution >= 4 is 24.7 Å². The standard InChI is InChI=1S/C26H39F3N6O/c1-4-6-21-7-5-8-24(21)34-25(23(17-30-2)26(27,28)29)33-18-32-22-11-9-20(10-12-22)13-15-35(3)16-14-31-19-36/h9-12,17,19,21,24,32H,2,4-8,13-16,18H2,1,3H3,(H,31,36)(H,33,34)/b23-17+/t21-,24?/m0/s1. The summed E-state index contributed by atoms with van der Waals surface area (Å²) in [6.07, 6.45) is 2.49. The minimum absolute atomic E-state index is 0.0100. The van der Waals surface area contributed by atoms with E-state index in [-0.39, 0.29) is 18.5 Å². The Morgan fingerprint density at radius 3 is 2.61 bits per heavy atom. The van der Waals surface area contributed by atoms with E-state index in [1.54, 1.807) is 0 Å². The zero-order valence-corrected chi connectivity index (χ0v) is 21.3. The SMILES string of the molecule is C=N/C=C(\C(=N/CNc1ccc(CCN(C)CCNC=O)cc1)NC1CCC[C@@H]1CCC)C(F)(F)F. The number of hydrogen-bond acceptors (Lipinski definition) is 5. The number of aliphatic imine (C=N–C) groups is 2. The molecule has 200 valence electrons. The van der Waals surface area contributed by atoms with Crippen molar-refractivity contribution in [1.29, 1.82) is 0 Å². The van der Waals surface area contributed by atoms with Crippen LogP contribution in [0.5, 0.6) is 0 Å². The number of carbonyl (C=O) groups is 1. The Hall–Kier alpha value is -2.88. The number of benzene rings is 1. The van der Waals surface area contributed by atoms with E-state index in [2.05, 4.69) is 44.5 Å².